The molecule has 4 aliphatic heterocycles. The number of aromatic amines is 1. The van der Waals surface area contributed by atoms with Crippen molar-refractivity contribution in [3.05, 3.63) is 82.7 Å². The molecule has 18 nitrogen and oxygen atoms in total. The summed E-state index contributed by atoms with van der Waals surface area (Å²) in [6, 6.07) is 12.8. The van der Waals surface area contributed by atoms with Crippen LogP contribution in [-0.2, 0) is 59.7 Å². The molecule has 0 radical (unpaired) electrons. The highest BCUT2D eigenvalue weighted by atomic mass is 32.2. The van der Waals surface area contributed by atoms with Crippen LogP contribution >= 0.6 is 11.8 Å². The lowest BCUT2D eigenvalue weighted by Crippen LogP contribution is -2.48. The van der Waals surface area contributed by atoms with E-state index in [4.69, 9.17) is 38.1 Å². The van der Waals surface area contributed by atoms with Crippen molar-refractivity contribution in [1.82, 2.24) is 25.8 Å². The van der Waals surface area contributed by atoms with Crippen LogP contribution in [0.4, 0.5) is 0 Å². The second-order valence-electron chi connectivity index (χ2n) is 16.8. The summed E-state index contributed by atoms with van der Waals surface area (Å²) in [7, 11) is 0. The molecule has 1 aromatic heterocycles. The quantitative estimate of drug-likeness (QED) is 0.0626. The lowest BCUT2D eigenvalue weighted by Gasteiger charge is -2.47. The molecule has 3 amide bonds. The number of hydrogen-bond donors (Lipinski definition) is 5. The number of para-hydroxylation sites is 1. The SMILES string of the molecule is CC1=CC(C(=O)c2ccccc2O)=CN2CCc3c([nH]c4ccc(OCC(=O)NCCCOCCOCCOCCCNC(=O)CCCC[C@@H]5SC[C@@H]6NC(=O)C[C@@H]65)cc34)C12C.O=C=O.O=C=O. The molecule has 2 aromatic carbocycles. The molecule has 1 unspecified atom stereocenters. The van der Waals surface area contributed by atoms with Crippen molar-refractivity contribution in [2.45, 2.75) is 82.0 Å². The molecule has 5 heterocycles. The molecule has 3 aromatic rings. The van der Waals surface area contributed by atoms with Gasteiger partial charge in [-0.2, -0.15) is 30.9 Å². The molecule has 0 saturated carbocycles. The zero-order valence-corrected chi connectivity index (χ0v) is 39.4. The molecule has 0 aliphatic carbocycles. The number of aromatic hydroxyl groups is 1. The summed E-state index contributed by atoms with van der Waals surface area (Å²) >= 11 is 1.96. The molecule has 366 valence electrons. The van der Waals surface area contributed by atoms with Crippen molar-refractivity contribution in [1.29, 1.82) is 0 Å². The Morgan fingerprint density at radius 3 is 2.25 bits per heavy atom. The topological polar surface area (TPSA) is 249 Å². The van der Waals surface area contributed by atoms with Gasteiger partial charge in [0.05, 0.1) is 37.5 Å². The van der Waals surface area contributed by atoms with Crippen molar-refractivity contribution in [2.75, 3.05) is 71.6 Å². The summed E-state index contributed by atoms with van der Waals surface area (Å²) in [6.45, 7) is 8.78. The summed E-state index contributed by atoms with van der Waals surface area (Å²) < 4.78 is 22.7. The van der Waals surface area contributed by atoms with Crippen molar-refractivity contribution in [3.8, 4) is 11.5 Å². The van der Waals surface area contributed by atoms with Gasteiger partial charge in [0.25, 0.3) is 5.91 Å². The third-order valence-corrected chi connectivity index (χ3v) is 14.0. The number of fused-ring (bicyclic) bond motifs is 6. The van der Waals surface area contributed by atoms with Crippen LogP contribution in [0.15, 0.2) is 65.9 Å². The van der Waals surface area contributed by atoms with Crippen LogP contribution in [0.5, 0.6) is 11.5 Å². The molecular weight excluding hydrogens is 899 g/mol. The van der Waals surface area contributed by atoms with Crippen LogP contribution < -0.4 is 20.7 Å². The summed E-state index contributed by atoms with van der Waals surface area (Å²) in [5.41, 5.74) is 4.60. The lowest BCUT2D eigenvalue weighted by molar-refractivity contribution is -0.193. The number of aromatic nitrogens is 1. The second kappa shape index (κ2) is 27.1. The first-order chi connectivity index (χ1) is 32.9. The van der Waals surface area contributed by atoms with Crippen LogP contribution in [0.3, 0.4) is 0 Å². The Hall–Kier alpha value is -6.07. The third-order valence-electron chi connectivity index (χ3n) is 12.5. The average Bonchev–Trinajstić information content (AvgIpc) is 4.01. The molecule has 4 aliphatic rings. The summed E-state index contributed by atoms with van der Waals surface area (Å²) in [6.07, 6.45) is 10.7. The van der Waals surface area contributed by atoms with Crippen molar-refractivity contribution >= 4 is 58.5 Å². The summed E-state index contributed by atoms with van der Waals surface area (Å²) in [5.74, 6) is 1.92. The maximum absolute atomic E-state index is 13.3. The van der Waals surface area contributed by atoms with Crippen LogP contribution in [0.2, 0.25) is 0 Å². The Morgan fingerprint density at radius 1 is 0.897 bits per heavy atom. The van der Waals surface area contributed by atoms with Gasteiger partial charge >= 0.3 is 12.3 Å². The number of nitrogens with one attached hydrogen (secondary N) is 4. The Balaban J connectivity index is 0.00000137. The number of allylic oxidation sites excluding steroid dienone is 2. The fourth-order valence-corrected chi connectivity index (χ4v) is 10.6. The van der Waals surface area contributed by atoms with Gasteiger partial charge in [-0.25, -0.2) is 0 Å². The number of hydrogen-bond acceptors (Lipinski definition) is 15. The first-order valence-corrected chi connectivity index (χ1v) is 23.9. The van der Waals surface area contributed by atoms with Gasteiger partial charge in [-0.3, -0.25) is 19.2 Å². The maximum atomic E-state index is 13.3. The first-order valence-electron chi connectivity index (χ1n) is 22.9. The average molecular weight is 960 g/mol. The standard InChI is InChI=1S/C47H61N5O9S.2CO2/c1-31-25-32(45(57)35-9-3-4-10-40(35)53)28-52-18-15-34-36-26-33(13-14-38(36)51-46(34)47(31,52)2)61-29-44(56)49-17-8-20-59-22-24-60-23-21-58-19-7-16-48-42(54)12-6-5-11-41-37-27-43(55)50-39(37)30-62-41;2*2-1-3/h3-4,9-10,13-14,25-26,28,37,39,41,51,53H,5-8,11-12,15-24,27,29-30H2,1-2H3,(H,48,54)(H,49,56)(H,50,55);;/t37-,39-,41-,47?;;/m0../s1. The van der Waals surface area contributed by atoms with E-state index in [0.717, 1.165) is 60.0 Å². The predicted molar refractivity (Wildman–Crippen MR) is 248 cm³/mol. The van der Waals surface area contributed by atoms with E-state index in [0.29, 0.717) is 107 Å². The van der Waals surface area contributed by atoms with Crippen LogP contribution in [0, 0.1) is 5.92 Å². The zero-order valence-electron chi connectivity index (χ0n) is 38.6. The minimum atomic E-state index is -0.482. The molecule has 7 rings (SSSR count). The maximum Gasteiger partial charge on any atom is 0.373 e. The number of benzene rings is 2. The highest BCUT2D eigenvalue weighted by Crippen LogP contribution is 2.46. The fraction of sp³-hybridized carbons (Fsp3) is 0.510. The molecule has 68 heavy (non-hydrogen) atoms. The number of carbonyl (C=O) groups is 4. The molecule has 19 heteroatoms. The van der Waals surface area contributed by atoms with E-state index >= 15 is 0 Å². The number of ether oxygens (including phenoxy) is 4. The fourth-order valence-electron chi connectivity index (χ4n) is 8.93. The largest absolute Gasteiger partial charge is 0.507 e. The van der Waals surface area contributed by atoms with Gasteiger partial charge in [0.1, 0.15) is 11.5 Å². The molecule has 0 spiro atoms. The van der Waals surface area contributed by atoms with Crippen molar-refractivity contribution < 1.29 is 62.4 Å². The van der Waals surface area contributed by atoms with E-state index in [1.807, 2.05) is 49.2 Å². The minimum absolute atomic E-state index is 0.0297. The Labute approximate surface area is 399 Å². The number of thioether (sulfide) groups is 1. The van der Waals surface area contributed by atoms with Gasteiger partial charge in [-0.15, -0.1) is 0 Å². The number of H-pyrrole nitrogens is 1. The summed E-state index contributed by atoms with van der Waals surface area (Å²) in [5, 5.41) is 20.8. The van der Waals surface area contributed by atoms with E-state index in [-0.39, 0.29) is 53.7 Å². The highest BCUT2D eigenvalue weighted by molar-refractivity contribution is 8.00. The number of amides is 3. The van der Waals surface area contributed by atoms with Crippen molar-refractivity contribution in [3.63, 3.8) is 0 Å². The highest BCUT2D eigenvalue weighted by Gasteiger charge is 2.44. The van der Waals surface area contributed by atoms with E-state index in [9.17, 15) is 24.3 Å². The van der Waals surface area contributed by atoms with Gasteiger partial charge in [0, 0.05) is 97.0 Å². The van der Waals surface area contributed by atoms with Gasteiger partial charge < -0.3 is 49.9 Å². The number of nitrogens with zero attached hydrogens (tertiary/aromatic N) is 1. The second-order valence-corrected chi connectivity index (χ2v) is 18.1. The van der Waals surface area contributed by atoms with E-state index < -0.39 is 5.54 Å². The van der Waals surface area contributed by atoms with E-state index in [1.165, 1.54) is 11.6 Å². The minimum Gasteiger partial charge on any atom is -0.507 e. The lowest BCUT2D eigenvalue weighted by atomic mass is 9.78. The monoisotopic (exact) mass is 959 g/mol. The van der Waals surface area contributed by atoms with Crippen molar-refractivity contribution in [2.24, 2.45) is 5.92 Å². The number of phenols is 1. The Morgan fingerprint density at radius 2 is 1.56 bits per heavy atom. The predicted octanol–water partition coefficient (Wildman–Crippen LogP) is 4.13. The van der Waals surface area contributed by atoms with Gasteiger partial charge in [0.15, 0.2) is 12.4 Å². The number of rotatable bonds is 24. The van der Waals surface area contributed by atoms with E-state index in [1.54, 1.807) is 18.2 Å². The molecule has 5 N–H and O–H groups in total. The smallest absolute Gasteiger partial charge is 0.373 e. The number of phenolic OH excluding ortho intramolecular Hbond substituents is 1. The third kappa shape index (κ3) is 14.5. The molecule has 2 fully saturated rings. The van der Waals surface area contributed by atoms with Gasteiger partial charge in [-0.1, -0.05) is 18.6 Å². The van der Waals surface area contributed by atoms with Gasteiger partial charge in [0.2, 0.25) is 11.8 Å². The number of ketones is 1. The number of Topliss-reactive ketones (excluding diaryl/α,β-unsaturated/α-hetero) is 1. The number of unbranched alkanes of at least 4 members (excludes halogenated alkanes) is 1. The molecule has 0 bridgehead atoms. The molecule has 2 saturated heterocycles. The molecule has 4 atom stereocenters. The van der Waals surface area contributed by atoms with E-state index in [2.05, 4.69) is 32.8 Å². The zero-order chi connectivity index (χ0) is 48.9. The summed E-state index contributed by atoms with van der Waals surface area (Å²) in [4.78, 5) is 88.0. The number of carbonyl (C=O) groups excluding carboxylic acids is 8. The van der Waals surface area contributed by atoms with Crippen LogP contribution in [0.1, 0.15) is 80.4 Å². The molecular formula is C49H61N5O13S. The van der Waals surface area contributed by atoms with Gasteiger partial charge in [-0.05, 0) is 93.5 Å². The van der Waals surface area contributed by atoms with Crippen LogP contribution in [-0.4, -0.2) is 134 Å². The Bertz CT molecular complexity index is 2320. The normalized spacial score (nSPS) is 19.8. The van der Waals surface area contributed by atoms with Crippen LogP contribution in [0.25, 0.3) is 10.9 Å². The first kappa shape index (κ1) is 52.9. The Kier molecular flexibility index (Phi) is 21.0.